The Kier molecular flexibility index (Phi) is 12.5. The molecule has 9 rings (SSSR count). The number of carbonyl (C=O) groups is 6. The third-order valence-corrected chi connectivity index (χ3v) is 11.8. The van der Waals surface area contributed by atoms with Crippen LogP contribution in [0.3, 0.4) is 0 Å². The molecule has 0 amide bonds. The predicted octanol–water partition coefficient (Wildman–Crippen LogP) is 2.70. The van der Waals surface area contributed by atoms with Crippen LogP contribution in [0.5, 0.6) is 109 Å². The van der Waals surface area contributed by atoms with Gasteiger partial charge in [-0.25, -0.2) is 28.8 Å². The van der Waals surface area contributed by atoms with Crippen LogP contribution < -0.4 is 9.47 Å². The first kappa shape index (κ1) is 51.6. The number of benzene rings is 6. The van der Waals surface area contributed by atoms with E-state index in [0.29, 0.717) is 54.6 Å². The largest absolute Gasteiger partial charge is 0.504 e. The van der Waals surface area contributed by atoms with E-state index >= 15 is 0 Å². The van der Waals surface area contributed by atoms with Crippen LogP contribution in [0.25, 0.3) is 11.1 Å². The Morgan fingerprint density at radius 3 is 1.36 bits per heavy atom. The van der Waals surface area contributed by atoms with E-state index in [1.54, 1.807) is 0 Å². The zero-order valence-electron chi connectivity index (χ0n) is 38.2. The zero-order valence-corrected chi connectivity index (χ0v) is 38.2. The molecule has 5 unspecified atom stereocenters. The number of esters is 6. The van der Waals surface area contributed by atoms with E-state index in [1.165, 1.54) is 0 Å². The maximum Gasteiger partial charge on any atom is 0.347 e. The van der Waals surface area contributed by atoms with Gasteiger partial charge in [-0.2, -0.15) is 0 Å². The number of aromatic hydroxyl groups is 16. The molecule has 0 radical (unpaired) electrons. The lowest BCUT2D eigenvalue weighted by Gasteiger charge is -2.43. The molecule has 6 aromatic carbocycles. The van der Waals surface area contributed by atoms with Crippen molar-refractivity contribution in [2.45, 2.75) is 30.7 Å². The van der Waals surface area contributed by atoms with Gasteiger partial charge in [-0.15, -0.1) is 0 Å². The first-order valence-electron chi connectivity index (χ1n) is 21.5. The fourth-order valence-electron chi connectivity index (χ4n) is 8.07. The summed E-state index contributed by atoms with van der Waals surface area (Å²) >= 11 is 0. The Morgan fingerprint density at radius 1 is 0.410 bits per heavy atom. The van der Waals surface area contributed by atoms with E-state index in [9.17, 15) is 110 Å². The van der Waals surface area contributed by atoms with Gasteiger partial charge < -0.3 is 120 Å². The van der Waals surface area contributed by atoms with Gasteiger partial charge in [0.25, 0.3) is 0 Å². The summed E-state index contributed by atoms with van der Waals surface area (Å²) in [6.07, 6.45) is -12.7. The lowest BCUT2D eigenvalue weighted by atomic mass is 9.92. The SMILES string of the molecule is O=C(OC1OC2COC(=O)c3cc(O)c(O)c(O)c3-c3c(cc(O)c(O)c3O)C(=O)OC2C(OC(=O)c2cc(O)c(O)c(O)c2)C1OC(=O)c1cc(O)c(O)c(O)c1)c1cc(O)c2c(c1)Oc1c(cc(O)c(O)c1O)C(=O)O2. The van der Waals surface area contributed by atoms with Crippen molar-refractivity contribution >= 4 is 35.8 Å². The number of rotatable bonds is 6. The number of phenolic OH excluding ortho intramolecular Hbond substituents is 16. The summed E-state index contributed by atoms with van der Waals surface area (Å²) in [5.41, 5.74) is -7.68. The maximum absolute atomic E-state index is 14.6. The standard InChI is InChI=1S/C48H32O30/c49-17-1-11(2-18(50)29(17)57)42(65)76-40-39-26(10-71-45(68)14-7-21(53)31(59)34(62)27(14)28-15(46(69)75-39)8-22(54)32(60)35(28)63)73-48(41(40)77-43(66)12-3-19(51)30(58)20(52)4-12)78-44(67)13-5-24(56)38-25(6-13)72-37-16(47(70)74-38)9-23(55)33(61)36(37)64/h1-9,26,39-41,48-64H,10H2. The van der Waals surface area contributed by atoms with Crippen LogP contribution in [0.15, 0.2) is 54.6 Å². The predicted molar refractivity (Wildman–Crippen MR) is 241 cm³/mol. The Hall–Kier alpha value is -11.3. The smallest absolute Gasteiger partial charge is 0.347 e. The summed E-state index contributed by atoms with van der Waals surface area (Å²) in [5, 5.41) is 168. The van der Waals surface area contributed by atoms with Crippen LogP contribution in [-0.2, 0) is 28.4 Å². The van der Waals surface area contributed by atoms with Gasteiger partial charge in [0, 0.05) is 17.2 Å². The second-order valence-corrected chi connectivity index (χ2v) is 16.7. The molecule has 6 aromatic rings. The Labute approximate surface area is 429 Å². The van der Waals surface area contributed by atoms with E-state index in [2.05, 4.69) is 0 Å². The molecule has 30 nitrogen and oxygen atoms in total. The Balaban J connectivity index is 1.21. The minimum absolute atomic E-state index is 0.379. The lowest BCUT2D eigenvalue weighted by molar-refractivity contribution is -0.282. The molecule has 1 fully saturated rings. The monoisotopic (exact) mass is 1090 g/mol. The van der Waals surface area contributed by atoms with Crippen LogP contribution in [0.2, 0.25) is 0 Å². The molecular formula is C48H32O30. The van der Waals surface area contributed by atoms with Crippen LogP contribution in [-0.4, -0.2) is 155 Å². The van der Waals surface area contributed by atoms with Crippen molar-refractivity contribution in [1.29, 1.82) is 0 Å². The molecule has 3 heterocycles. The average Bonchev–Trinajstić information content (AvgIpc) is 3.61. The highest BCUT2D eigenvalue weighted by atomic mass is 16.7. The number of carbonyl (C=O) groups excluding carboxylic acids is 6. The quantitative estimate of drug-likeness (QED) is 0.0493. The van der Waals surface area contributed by atoms with Crippen LogP contribution in [0, 0.1) is 0 Å². The first-order valence-corrected chi connectivity index (χ1v) is 21.5. The normalized spacial score (nSPS) is 18.5. The first-order chi connectivity index (χ1) is 36.7. The summed E-state index contributed by atoms with van der Waals surface area (Å²) in [4.78, 5) is 84.3. The van der Waals surface area contributed by atoms with Crippen molar-refractivity contribution in [3.05, 3.63) is 88.0 Å². The third-order valence-electron chi connectivity index (χ3n) is 11.8. The van der Waals surface area contributed by atoms with Gasteiger partial charge in [-0.1, -0.05) is 0 Å². The van der Waals surface area contributed by atoms with Crippen molar-refractivity contribution < 1.29 is 148 Å². The average molecular weight is 1090 g/mol. The molecule has 0 aliphatic carbocycles. The van der Waals surface area contributed by atoms with Gasteiger partial charge in [-0.3, -0.25) is 0 Å². The lowest BCUT2D eigenvalue weighted by Crippen LogP contribution is -2.63. The van der Waals surface area contributed by atoms with Crippen LogP contribution in [0.4, 0.5) is 0 Å². The minimum Gasteiger partial charge on any atom is -0.504 e. The van der Waals surface area contributed by atoms with Crippen molar-refractivity contribution in [2.75, 3.05) is 6.61 Å². The minimum atomic E-state index is -2.66. The number of fused-ring (bicyclic) bond motifs is 6. The molecule has 0 saturated carbocycles. The molecular weight excluding hydrogens is 1060 g/mol. The van der Waals surface area contributed by atoms with Crippen molar-refractivity contribution in [1.82, 2.24) is 0 Å². The van der Waals surface area contributed by atoms with Gasteiger partial charge in [0.1, 0.15) is 18.3 Å². The van der Waals surface area contributed by atoms with Crippen LogP contribution >= 0.6 is 0 Å². The van der Waals surface area contributed by atoms with E-state index in [1.807, 2.05) is 0 Å². The fourth-order valence-corrected chi connectivity index (χ4v) is 8.07. The molecule has 0 bridgehead atoms. The summed E-state index contributed by atoms with van der Waals surface area (Å²) in [6.45, 7) is -1.33. The number of ether oxygens (including phenoxy) is 8. The molecule has 404 valence electrons. The zero-order chi connectivity index (χ0) is 56.7. The highest BCUT2D eigenvalue weighted by molar-refractivity contribution is 6.08. The number of hydrogen-bond donors (Lipinski definition) is 16. The highest BCUT2D eigenvalue weighted by Crippen LogP contribution is 2.54. The number of phenols is 16. The van der Waals surface area contributed by atoms with Gasteiger partial charge in [0.05, 0.1) is 27.8 Å². The molecule has 3 aliphatic rings. The molecule has 16 N–H and O–H groups in total. The summed E-state index contributed by atoms with van der Waals surface area (Å²) in [6, 6.07) is 4.72. The number of cyclic esters (lactones) is 1. The summed E-state index contributed by atoms with van der Waals surface area (Å²) in [7, 11) is 0. The summed E-state index contributed by atoms with van der Waals surface area (Å²) in [5.74, 6) is -32.4. The second-order valence-electron chi connectivity index (χ2n) is 16.7. The van der Waals surface area contributed by atoms with Crippen molar-refractivity contribution in [3.8, 4) is 120 Å². The third kappa shape index (κ3) is 8.70. The Morgan fingerprint density at radius 2 is 0.833 bits per heavy atom. The second kappa shape index (κ2) is 18.9. The molecule has 78 heavy (non-hydrogen) atoms. The number of hydrogen-bond acceptors (Lipinski definition) is 30. The van der Waals surface area contributed by atoms with E-state index in [-0.39, 0.29) is 0 Å². The molecule has 0 aromatic heterocycles. The van der Waals surface area contributed by atoms with Gasteiger partial charge >= 0.3 is 35.8 Å². The summed E-state index contributed by atoms with van der Waals surface area (Å²) < 4.78 is 44.7. The molecule has 5 atom stereocenters. The highest BCUT2D eigenvalue weighted by Gasteiger charge is 2.55. The Bertz CT molecular complexity index is 3590. The van der Waals surface area contributed by atoms with E-state index < -0.39 is 227 Å². The molecule has 30 heteroatoms. The van der Waals surface area contributed by atoms with Gasteiger partial charge in [0.15, 0.2) is 92.7 Å². The van der Waals surface area contributed by atoms with Gasteiger partial charge in [0.2, 0.25) is 41.1 Å². The van der Waals surface area contributed by atoms with Crippen molar-refractivity contribution in [2.24, 2.45) is 0 Å². The van der Waals surface area contributed by atoms with Gasteiger partial charge in [-0.05, 0) is 48.5 Å². The maximum atomic E-state index is 14.6. The van der Waals surface area contributed by atoms with Crippen molar-refractivity contribution in [3.63, 3.8) is 0 Å². The molecule has 3 aliphatic heterocycles. The van der Waals surface area contributed by atoms with E-state index in [0.717, 1.165) is 0 Å². The fraction of sp³-hybridized carbons (Fsp3) is 0.125. The topological polar surface area (TPSA) is 500 Å². The van der Waals surface area contributed by atoms with E-state index in [4.69, 9.17) is 37.9 Å². The molecule has 0 spiro atoms. The van der Waals surface area contributed by atoms with Crippen LogP contribution in [0.1, 0.15) is 62.1 Å². The molecule has 1 saturated heterocycles.